The number of thioether (sulfide) groups is 1. The van der Waals surface area contributed by atoms with Gasteiger partial charge in [-0.3, -0.25) is 0 Å². The van der Waals surface area contributed by atoms with Gasteiger partial charge in [-0.15, -0.1) is 0 Å². The third-order valence-electron chi connectivity index (χ3n) is 3.37. The summed E-state index contributed by atoms with van der Waals surface area (Å²) in [4.78, 5) is 0. The molecule has 0 aromatic rings. The average molecular weight is 229 g/mol. The van der Waals surface area contributed by atoms with Crippen LogP contribution in [0.15, 0.2) is 0 Å². The summed E-state index contributed by atoms with van der Waals surface area (Å²) in [5.41, 5.74) is 0. The van der Waals surface area contributed by atoms with Crippen LogP contribution in [-0.2, 0) is 4.74 Å². The lowest BCUT2D eigenvalue weighted by molar-refractivity contribution is 0.0113. The summed E-state index contributed by atoms with van der Waals surface area (Å²) in [7, 11) is 0. The summed E-state index contributed by atoms with van der Waals surface area (Å²) >= 11 is 2.10. The van der Waals surface area contributed by atoms with E-state index in [0.29, 0.717) is 6.10 Å². The fourth-order valence-electron chi connectivity index (χ4n) is 2.44. The Balaban J connectivity index is 1.54. The summed E-state index contributed by atoms with van der Waals surface area (Å²) in [5, 5.41) is 4.51. The second kappa shape index (κ2) is 6.12. The quantitative estimate of drug-likeness (QED) is 0.800. The number of hydrogen-bond donors (Lipinski definition) is 1. The van der Waals surface area contributed by atoms with Crippen LogP contribution in [0.1, 0.15) is 39.0 Å². The minimum Gasteiger partial charge on any atom is -0.378 e. The molecule has 0 aromatic carbocycles. The molecule has 1 N–H and O–H groups in total. The highest BCUT2D eigenvalue weighted by molar-refractivity contribution is 8.00. The second-order valence-corrected chi connectivity index (χ2v) is 6.28. The lowest BCUT2D eigenvalue weighted by Crippen LogP contribution is -2.33. The molecule has 3 heteroatoms. The zero-order chi connectivity index (χ0) is 10.5. The third-order valence-corrected chi connectivity index (χ3v) is 4.73. The van der Waals surface area contributed by atoms with Crippen molar-refractivity contribution in [2.75, 3.05) is 18.9 Å². The van der Waals surface area contributed by atoms with Gasteiger partial charge in [0.2, 0.25) is 0 Å². The van der Waals surface area contributed by atoms with Gasteiger partial charge in [-0.05, 0) is 38.6 Å². The molecule has 0 spiro atoms. The van der Waals surface area contributed by atoms with E-state index >= 15 is 0 Å². The Labute approximate surface area is 97.5 Å². The van der Waals surface area contributed by atoms with E-state index in [0.717, 1.165) is 24.4 Å². The van der Waals surface area contributed by atoms with E-state index in [4.69, 9.17) is 4.74 Å². The molecule has 0 bridgehead atoms. The fourth-order valence-corrected chi connectivity index (χ4v) is 3.63. The predicted octanol–water partition coefficient (Wildman–Crippen LogP) is 2.43. The maximum absolute atomic E-state index is 5.72. The van der Waals surface area contributed by atoms with Crippen LogP contribution in [0.2, 0.25) is 0 Å². The van der Waals surface area contributed by atoms with E-state index in [1.54, 1.807) is 0 Å². The van der Waals surface area contributed by atoms with Crippen LogP contribution in [0.25, 0.3) is 0 Å². The molecule has 0 saturated carbocycles. The first-order chi connectivity index (χ1) is 7.34. The molecular formula is C12H23NOS. The topological polar surface area (TPSA) is 21.3 Å². The van der Waals surface area contributed by atoms with Crippen molar-refractivity contribution in [2.45, 2.75) is 56.4 Å². The van der Waals surface area contributed by atoms with Crippen LogP contribution in [0, 0.1) is 0 Å². The van der Waals surface area contributed by atoms with Crippen molar-refractivity contribution < 1.29 is 4.74 Å². The van der Waals surface area contributed by atoms with E-state index in [-0.39, 0.29) is 0 Å². The lowest BCUT2D eigenvalue weighted by Gasteiger charge is -2.23. The second-order valence-electron chi connectivity index (χ2n) is 4.81. The Morgan fingerprint density at radius 3 is 3.00 bits per heavy atom. The molecule has 0 radical (unpaired) electrons. The van der Waals surface area contributed by atoms with Crippen LogP contribution in [0.4, 0.5) is 0 Å². The highest BCUT2D eigenvalue weighted by Crippen LogP contribution is 2.26. The first-order valence-corrected chi connectivity index (χ1v) is 7.36. The van der Waals surface area contributed by atoms with Crippen molar-refractivity contribution in [3.05, 3.63) is 0 Å². The molecule has 2 aliphatic rings. The molecule has 3 unspecified atom stereocenters. The standard InChI is InChI=1S/C12H23NOS/c1-10-8-11(9-15-10)13-6-5-12-4-2-3-7-14-12/h10-13H,2-9H2,1H3. The number of hydrogen-bond acceptors (Lipinski definition) is 3. The Morgan fingerprint density at radius 1 is 1.40 bits per heavy atom. The van der Waals surface area contributed by atoms with Gasteiger partial charge in [0, 0.05) is 23.7 Å². The zero-order valence-corrected chi connectivity index (χ0v) is 10.5. The number of nitrogens with one attached hydrogen (secondary N) is 1. The highest BCUT2D eigenvalue weighted by atomic mass is 32.2. The van der Waals surface area contributed by atoms with Crippen molar-refractivity contribution in [2.24, 2.45) is 0 Å². The maximum Gasteiger partial charge on any atom is 0.0587 e. The van der Waals surface area contributed by atoms with E-state index in [1.165, 1.54) is 37.9 Å². The van der Waals surface area contributed by atoms with Gasteiger partial charge in [0.1, 0.15) is 0 Å². The average Bonchev–Trinajstić information content (AvgIpc) is 2.66. The summed E-state index contributed by atoms with van der Waals surface area (Å²) < 4.78 is 5.72. The molecule has 2 saturated heterocycles. The summed E-state index contributed by atoms with van der Waals surface area (Å²) in [6, 6.07) is 0.758. The predicted molar refractivity (Wildman–Crippen MR) is 66.5 cm³/mol. The molecule has 2 heterocycles. The van der Waals surface area contributed by atoms with Crippen molar-refractivity contribution in [3.8, 4) is 0 Å². The van der Waals surface area contributed by atoms with E-state index in [9.17, 15) is 0 Å². The van der Waals surface area contributed by atoms with Gasteiger partial charge in [0.05, 0.1) is 6.10 Å². The Bertz CT molecular complexity index is 178. The summed E-state index contributed by atoms with van der Waals surface area (Å²) in [5.74, 6) is 1.30. The van der Waals surface area contributed by atoms with Crippen molar-refractivity contribution in [1.82, 2.24) is 5.32 Å². The van der Waals surface area contributed by atoms with Gasteiger partial charge in [-0.2, -0.15) is 11.8 Å². The minimum atomic E-state index is 0.540. The minimum absolute atomic E-state index is 0.540. The molecule has 15 heavy (non-hydrogen) atoms. The Morgan fingerprint density at radius 2 is 2.33 bits per heavy atom. The lowest BCUT2D eigenvalue weighted by atomic mass is 10.1. The molecule has 2 rings (SSSR count). The van der Waals surface area contributed by atoms with Crippen LogP contribution >= 0.6 is 11.8 Å². The summed E-state index contributed by atoms with van der Waals surface area (Å²) in [6.45, 7) is 4.46. The SMILES string of the molecule is CC1CC(NCCC2CCCCO2)CS1. The van der Waals surface area contributed by atoms with Gasteiger partial charge in [0.15, 0.2) is 0 Å². The molecule has 2 nitrogen and oxygen atoms in total. The molecule has 2 aliphatic heterocycles. The number of ether oxygens (including phenoxy) is 1. The Kier molecular flexibility index (Phi) is 4.79. The molecule has 88 valence electrons. The van der Waals surface area contributed by atoms with Gasteiger partial charge in [-0.1, -0.05) is 6.92 Å². The van der Waals surface area contributed by atoms with Gasteiger partial charge in [0.25, 0.3) is 0 Å². The van der Waals surface area contributed by atoms with Crippen molar-refractivity contribution in [1.29, 1.82) is 0 Å². The first kappa shape index (κ1) is 11.7. The first-order valence-electron chi connectivity index (χ1n) is 6.31. The van der Waals surface area contributed by atoms with Crippen LogP contribution < -0.4 is 5.32 Å². The van der Waals surface area contributed by atoms with Gasteiger partial charge in [-0.25, -0.2) is 0 Å². The Hall–Kier alpha value is 0.270. The fraction of sp³-hybridized carbons (Fsp3) is 1.00. The van der Waals surface area contributed by atoms with Crippen molar-refractivity contribution in [3.63, 3.8) is 0 Å². The zero-order valence-electron chi connectivity index (χ0n) is 9.71. The molecule has 2 fully saturated rings. The molecule has 0 aromatic heterocycles. The van der Waals surface area contributed by atoms with Crippen molar-refractivity contribution >= 4 is 11.8 Å². The molecule has 0 aliphatic carbocycles. The van der Waals surface area contributed by atoms with Crippen LogP contribution in [0.5, 0.6) is 0 Å². The van der Waals surface area contributed by atoms with E-state index < -0.39 is 0 Å². The van der Waals surface area contributed by atoms with E-state index in [2.05, 4.69) is 24.0 Å². The molecular weight excluding hydrogens is 206 g/mol. The monoisotopic (exact) mass is 229 g/mol. The van der Waals surface area contributed by atoms with Gasteiger partial charge < -0.3 is 10.1 Å². The van der Waals surface area contributed by atoms with Crippen LogP contribution in [0.3, 0.4) is 0 Å². The molecule has 0 amide bonds. The molecule has 3 atom stereocenters. The van der Waals surface area contributed by atoms with Gasteiger partial charge >= 0.3 is 0 Å². The maximum atomic E-state index is 5.72. The highest BCUT2D eigenvalue weighted by Gasteiger charge is 2.21. The van der Waals surface area contributed by atoms with Crippen LogP contribution in [-0.4, -0.2) is 36.3 Å². The van der Waals surface area contributed by atoms with E-state index in [1.807, 2.05) is 0 Å². The normalized spacial score (nSPS) is 37.0. The summed E-state index contributed by atoms with van der Waals surface area (Å²) in [6.07, 6.45) is 6.99. The number of rotatable bonds is 4. The third kappa shape index (κ3) is 3.97. The largest absolute Gasteiger partial charge is 0.378 e. The smallest absolute Gasteiger partial charge is 0.0587 e.